The molecule has 0 radical (unpaired) electrons. The van der Waals surface area contributed by atoms with Crippen molar-refractivity contribution >= 4 is 33.2 Å². The molecule has 5 nitrogen and oxygen atoms in total. The lowest BCUT2D eigenvalue weighted by Crippen LogP contribution is -2.14. The van der Waals surface area contributed by atoms with Crippen LogP contribution in [0.1, 0.15) is 22.8 Å². The molecule has 0 aliphatic carbocycles. The third-order valence-electron chi connectivity index (χ3n) is 4.11. The van der Waals surface area contributed by atoms with Crippen molar-refractivity contribution in [2.75, 3.05) is 0 Å². The van der Waals surface area contributed by atoms with Crippen LogP contribution >= 0.6 is 27.5 Å². The van der Waals surface area contributed by atoms with Crippen LogP contribution in [0, 0.1) is 11.6 Å². The van der Waals surface area contributed by atoms with Crippen molar-refractivity contribution in [3.63, 3.8) is 0 Å². The number of nitrogens with two attached hydrogens (primary N) is 1. The van der Waals surface area contributed by atoms with Crippen molar-refractivity contribution < 1.29 is 8.78 Å². The molecule has 132 valence electrons. The van der Waals surface area contributed by atoms with E-state index in [0.29, 0.717) is 27.4 Å². The van der Waals surface area contributed by atoms with Crippen molar-refractivity contribution in [3.8, 4) is 5.69 Å². The Hall–Kier alpha value is -2.16. The summed E-state index contributed by atoms with van der Waals surface area (Å²) in [4.78, 5) is 4.41. The van der Waals surface area contributed by atoms with Crippen molar-refractivity contribution in [3.05, 3.63) is 74.2 Å². The van der Waals surface area contributed by atoms with Crippen LogP contribution in [-0.2, 0) is 13.1 Å². The fourth-order valence-corrected chi connectivity index (χ4v) is 3.56. The molecule has 0 spiro atoms. The normalized spacial score (nSPS) is 13.0. The average Bonchev–Trinajstić information content (AvgIpc) is 2.96. The van der Waals surface area contributed by atoms with E-state index in [1.807, 2.05) is 0 Å². The molecule has 1 aromatic heterocycles. The van der Waals surface area contributed by atoms with E-state index in [1.165, 1.54) is 18.2 Å². The quantitative estimate of drug-likeness (QED) is 0.662. The largest absolute Gasteiger partial charge is 0.324 e. The van der Waals surface area contributed by atoms with Crippen LogP contribution < -0.4 is 5.73 Å². The molecule has 4 rings (SSSR count). The summed E-state index contributed by atoms with van der Waals surface area (Å²) in [6.45, 7) is 0.224. The third-order valence-corrected chi connectivity index (χ3v) is 5.39. The lowest BCUT2D eigenvalue weighted by Gasteiger charge is -2.16. The maximum absolute atomic E-state index is 14.5. The Balaban J connectivity index is 2.09. The topological polar surface area (TPSA) is 69.1 Å². The molecule has 1 aliphatic heterocycles. The van der Waals surface area contributed by atoms with Crippen LogP contribution in [0.25, 0.3) is 5.69 Å². The maximum Gasteiger partial charge on any atom is 0.159 e. The molecule has 2 heterocycles. The number of hydrogen-bond donors (Lipinski definition) is 1. The average molecular weight is 439 g/mol. The number of fused-ring (bicyclic) bond motifs is 3. The van der Waals surface area contributed by atoms with E-state index in [2.05, 4.69) is 31.1 Å². The van der Waals surface area contributed by atoms with Crippen molar-refractivity contribution in [2.45, 2.75) is 13.1 Å². The highest BCUT2D eigenvalue weighted by Crippen LogP contribution is 2.36. The molecule has 0 atom stereocenters. The van der Waals surface area contributed by atoms with E-state index in [4.69, 9.17) is 17.3 Å². The Morgan fingerprint density at radius 3 is 2.54 bits per heavy atom. The Morgan fingerprint density at radius 1 is 1.12 bits per heavy atom. The van der Waals surface area contributed by atoms with Gasteiger partial charge in [0.1, 0.15) is 18.2 Å². The van der Waals surface area contributed by atoms with Crippen LogP contribution in [0.3, 0.4) is 0 Å². The summed E-state index contributed by atoms with van der Waals surface area (Å²) in [5, 5.41) is 8.44. The van der Waals surface area contributed by atoms with Gasteiger partial charge in [-0.25, -0.2) is 8.78 Å². The van der Waals surface area contributed by atoms with Crippen LogP contribution in [0.4, 0.5) is 8.78 Å². The van der Waals surface area contributed by atoms with Gasteiger partial charge in [0.2, 0.25) is 0 Å². The van der Waals surface area contributed by atoms with Crippen molar-refractivity contribution in [1.29, 1.82) is 0 Å². The molecule has 1 aliphatic rings. The van der Waals surface area contributed by atoms with Gasteiger partial charge in [0.05, 0.1) is 28.5 Å². The Morgan fingerprint density at radius 2 is 1.85 bits per heavy atom. The second kappa shape index (κ2) is 6.53. The standard InChI is InChI=1S/C17H11BrClF2N5/c18-8-4-5-11-15(16(8)19)17(14-9(20)2-1-3-10(14)21)23-7-13-25-24-12(6-22)26(11)13/h1-5H,6-7,22H2. The molecule has 2 aromatic carbocycles. The SMILES string of the molecule is NCc1nnc2n1-c1ccc(Br)c(Cl)c1C(c1c(F)cccc1F)=NC2. The highest BCUT2D eigenvalue weighted by atomic mass is 79.9. The van der Waals surface area contributed by atoms with Crippen molar-refractivity contribution in [2.24, 2.45) is 10.7 Å². The molecule has 3 aromatic rings. The fourth-order valence-electron chi connectivity index (χ4n) is 2.98. The van der Waals surface area contributed by atoms with Gasteiger partial charge in [0, 0.05) is 10.0 Å². The minimum Gasteiger partial charge on any atom is -0.324 e. The molecule has 0 unspecified atom stereocenters. The maximum atomic E-state index is 14.5. The molecular formula is C17H11BrClF2N5. The van der Waals surface area contributed by atoms with E-state index >= 15 is 0 Å². The summed E-state index contributed by atoms with van der Waals surface area (Å²) in [6.07, 6.45) is 0. The van der Waals surface area contributed by atoms with Crippen LogP contribution in [0.15, 0.2) is 39.8 Å². The predicted molar refractivity (Wildman–Crippen MR) is 97.7 cm³/mol. The second-order valence-electron chi connectivity index (χ2n) is 5.59. The molecule has 0 amide bonds. The summed E-state index contributed by atoms with van der Waals surface area (Å²) in [6, 6.07) is 7.17. The van der Waals surface area contributed by atoms with Crippen molar-refractivity contribution in [1.82, 2.24) is 14.8 Å². The van der Waals surface area contributed by atoms with Gasteiger partial charge in [0.15, 0.2) is 11.6 Å². The fraction of sp³-hybridized carbons (Fsp3) is 0.118. The molecule has 0 saturated heterocycles. The lowest BCUT2D eigenvalue weighted by atomic mass is 9.99. The smallest absolute Gasteiger partial charge is 0.159 e. The zero-order chi connectivity index (χ0) is 18.4. The van der Waals surface area contributed by atoms with Gasteiger partial charge in [-0.15, -0.1) is 10.2 Å². The number of rotatable bonds is 2. The number of hydrogen-bond acceptors (Lipinski definition) is 4. The molecule has 26 heavy (non-hydrogen) atoms. The van der Waals surface area contributed by atoms with Gasteiger partial charge in [-0.05, 0) is 40.2 Å². The molecule has 2 N–H and O–H groups in total. The predicted octanol–water partition coefficient (Wildman–Crippen LogP) is 3.77. The summed E-state index contributed by atoms with van der Waals surface area (Å²) in [7, 11) is 0. The first kappa shape index (κ1) is 17.3. The lowest BCUT2D eigenvalue weighted by molar-refractivity contribution is 0.579. The number of aliphatic imine (C=N–C) groups is 1. The Bertz CT molecular complexity index is 1040. The van der Waals surface area contributed by atoms with Crippen LogP contribution in [-0.4, -0.2) is 20.5 Å². The Kier molecular flexibility index (Phi) is 4.34. The van der Waals surface area contributed by atoms with E-state index in [9.17, 15) is 8.78 Å². The van der Waals surface area contributed by atoms with E-state index < -0.39 is 11.6 Å². The van der Waals surface area contributed by atoms with E-state index in [0.717, 1.165) is 0 Å². The molecule has 0 bridgehead atoms. The molecule has 9 heteroatoms. The van der Waals surface area contributed by atoms with Gasteiger partial charge < -0.3 is 5.73 Å². The summed E-state index contributed by atoms with van der Waals surface area (Å²) in [5.41, 5.74) is 6.61. The first-order valence-corrected chi connectivity index (χ1v) is 8.80. The highest BCUT2D eigenvalue weighted by Gasteiger charge is 2.28. The minimum atomic E-state index is -0.720. The van der Waals surface area contributed by atoms with Crippen LogP contribution in [0.5, 0.6) is 0 Å². The van der Waals surface area contributed by atoms with Gasteiger partial charge in [0.25, 0.3) is 0 Å². The van der Waals surface area contributed by atoms with Gasteiger partial charge >= 0.3 is 0 Å². The number of nitrogens with zero attached hydrogens (tertiary/aromatic N) is 4. The zero-order valence-corrected chi connectivity index (χ0v) is 15.5. The number of halogens is 4. The molecule has 0 saturated carbocycles. The minimum absolute atomic E-state index is 0.0821. The van der Waals surface area contributed by atoms with Crippen LogP contribution in [0.2, 0.25) is 5.02 Å². The Labute approximate surface area is 160 Å². The zero-order valence-electron chi connectivity index (χ0n) is 13.2. The van der Waals surface area contributed by atoms with Gasteiger partial charge in [-0.3, -0.25) is 9.56 Å². The third kappa shape index (κ3) is 2.56. The summed E-state index contributed by atoms with van der Waals surface area (Å²) < 4.78 is 31.2. The first-order chi connectivity index (χ1) is 12.5. The number of aromatic nitrogens is 3. The van der Waals surface area contributed by atoms with E-state index in [-0.39, 0.29) is 29.4 Å². The highest BCUT2D eigenvalue weighted by molar-refractivity contribution is 9.10. The first-order valence-electron chi connectivity index (χ1n) is 7.63. The summed E-state index contributed by atoms with van der Waals surface area (Å²) >= 11 is 9.87. The number of benzene rings is 2. The van der Waals surface area contributed by atoms with Gasteiger partial charge in [-0.1, -0.05) is 17.7 Å². The van der Waals surface area contributed by atoms with Gasteiger partial charge in [-0.2, -0.15) is 0 Å². The summed E-state index contributed by atoms with van der Waals surface area (Å²) in [5.74, 6) is -0.424. The van der Waals surface area contributed by atoms with E-state index in [1.54, 1.807) is 16.7 Å². The molecule has 0 fully saturated rings. The monoisotopic (exact) mass is 437 g/mol. The molecular weight excluding hydrogens is 428 g/mol. The second-order valence-corrected chi connectivity index (χ2v) is 6.82.